The predicted molar refractivity (Wildman–Crippen MR) is 105 cm³/mol. The minimum absolute atomic E-state index is 0.185. The van der Waals surface area contributed by atoms with Gasteiger partial charge in [-0.2, -0.15) is 0 Å². The Morgan fingerprint density at radius 1 is 0.826 bits per heavy atom. The molecule has 0 aromatic carbocycles. The molecule has 0 aliphatic rings. The molecule has 0 aliphatic carbocycles. The van der Waals surface area contributed by atoms with E-state index in [1.807, 2.05) is 0 Å². The summed E-state index contributed by atoms with van der Waals surface area (Å²) in [6, 6.07) is 0. The highest BCUT2D eigenvalue weighted by Gasteiger charge is 2.37. The zero-order valence-corrected chi connectivity index (χ0v) is 17.8. The van der Waals surface area contributed by atoms with Crippen molar-refractivity contribution < 1.29 is 9.22 Å². The molecule has 0 radical (unpaired) electrons. The van der Waals surface area contributed by atoms with E-state index in [4.69, 9.17) is 4.43 Å². The van der Waals surface area contributed by atoms with Gasteiger partial charge in [-0.1, -0.05) is 85.5 Å². The van der Waals surface area contributed by atoms with E-state index < -0.39 is 8.32 Å². The largest absolute Gasteiger partial charge is 0.410 e. The molecule has 0 unspecified atom stereocenters. The maximum absolute atomic E-state index is 11.9. The third kappa shape index (κ3) is 11.9. The third-order valence-corrected chi connectivity index (χ3v) is 9.69. The molecule has 0 N–H and O–H groups in total. The summed E-state index contributed by atoms with van der Waals surface area (Å²) in [6.45, 7) is 13.7. The van der Waals surface area contributed by atoms with E-state index in [1.54, 1.807) is 0 Å². The first-order valence-corrected chi connectivity index (χ1v) is 12.8. The van der Waals surface area contributed by atoms with Crippen LogP contribution in [-0.4, -0.2) is 20.7 Å². The van der Waals surface area contributed by atoms with E-state index in [0.29, 0.717) is 13.0 Å². The van der Waals surface area contributed by atoms with Crippen LogP contribution in [0.2, 0.25) is 18.1 Å². The summed E-state index contributed by atoms with van der Waals surface area (Å²) in [7, 11) is -1.77. The van der Waals surface area contributed by atoms with Crippen LogP contribution < -0.4 is 0 Å². The topological polar surface area (TPSA) is 26.3 Å². The first kappa shape index (κ1) is 22.8. The summed E-state index contributed by atoms with van der Waals surface area (Å²) in [6.07, 6.45) is 13.8. The lowest BCUT2D eigenvalue weighted by atomic mass is 10.1. The number of ketones is 1. The number of unbranched alkanes of at least 4 members (excludes halogenated alkanes) is 9. The average Bonchev–Trinajstić information content (AvgIpc) is 2.46. The van der Waals surface area contributed by atoms with Crippen molar-refractivity contribution in [1.29, 1.82) is 0 Å². The zero-order valence-electron chi connectivity index (χ0n) is 16.8. The van der Waals surface area contributed by atoms with Crippen LogP contribution in [0.1, 0.15) is 98.3 Å². The lowest BCUT2D eigenvalue weighted by molar-refractivity contribution is -0.121. The van der Waals surface area contributed by atoms with Gasteiger partial charge in [-0.3, -0.25) is 4.79 Å². The van der Waals surface area contributed by atoms with Crippen LogP contribution in [0.4, 0.5) is 0 Å². The Balaban J connectivity index is 3.51. The van der Waals surface area contributed by atoms with Gasteiger partial charge in [0.1, 0.15) is 0 Å². The maximum atomic E-state index is 11.9. The molecule has 0 aliphatic heterocycles. The third-order valence-electron chi connectivity index (χ3n) is 5.21. The second-order valence-corrected chi connectivity index (χ2v) is 13.3. The molecular weight excluding hydrogens is 300 g/mol. The van der Waals surface area contributed by atoms with Gasteiger partial charge in [0.2, 0.25) is 0 Å². The van der Waals surface area contributed by atoms with Crippen LogP contribution in [0, 0.1) is 0 Å². The SMILES string of the molecule is CCCCCCCCCCCCC(=O)CO[Si](C)(C)C(C)(C)C. The highest BCUT2D eigenvalue weighted by Crippen LogP contribution is 2.36. The molecule has 0 rings (SSSR count). The zero-order chi connectivity index (χ0) is 17.8. The van der Waals surface area contributed by atoms with E-state index in [1.165, 1.54) is 57.8 Å². The van der Waals surface area contributed by atoms with Crippen molar-refractivity contribution >= 4 is 14.1 Å². The summed E-state index contributed by atoms with van der Waals surface area (Å²) in [5.74, 6) is 0.286. The summed E-state index contributed by atoms with van der Waals surface area (Å²) in [5.41, 5.74) is 0. The molecule has 0 saturated heterocycles. The van der Waals surface area contributed by atoms with Crippen molar-refractivity contribution in [2.75, 3.05) is 6.61 Å². The molecule has 0 fully saturated rings. The number of carbonyl (C=O) groups is 1. The predicted octanol–water partition coefficient (Wildman–Crippen LogP) is 6.89. The Morgan fingerprint density at radius 2 is 1.26 bits per heavy atom. The smallest absolute Gasteiger partial charge is 0.192 e. The van der Waals surface area contributed by atoms with Crippen LogP contribution in [0.15, 0.2) is 0 Å². The summed E-state index contributed by atoms with van der Waals surface area (Å²) < 4.78 is 5.99. The summed E-state index contributed by atoms with van der Waals surface area (Å²) in [5, 5.41) is 0.185. The quantitative estimate of drug-likeness (QED) is 0.254. The molecule has 0 spiro atoms. The van der Waals surface area contributed by atoms with Gasteiger partial charge < -0.3 is 4.43 Å². The van der Waals surface area contributed by atoms with Gasteiger partial charge in [-0.25, -0.2) is 0 Å². The minimum atomic E-state index is -1.77. The highest BCUT2D eigenvalue weighted by molar-refractivity contribution is 6.74. The lowest BCUT2D eigenvalue weighted by Crippen LogP contribution is -2.42. The van der Waals surface area contributed by atoms with Crippen LogP contribution in [0.3, 0.4) is 0 Å². The Morgan fingerprint density at radius 3 is 1.70 bits per heavy atom. The molecule has 23 heavy (non-hydrogen) atoms. The normalized spacial score (nSPS) is 12.6. The number of carbonyl (C=O) groups excluding carboxylic acids is 1. The van der Waals surface area contributed by atoms with Crippen molar-refractivity contribution in [2.24, 2.45) is 0 Å². The van der Waals surface area contributed by atoms with Crippen molar-refractivity contribution in [3.63, 3.8) is 0 Å². The molecule has 0 aromatic rings. The molecule has 0 amide bonds. The second kappa shape index (κ2) is 12.2. The molecule has 3 heteroatoms. The van der Waals surface area contributed by atoms with Gasteiger partial charge in [0.05, 0.1) is 6.61 Å². The van der Waals surface area contributed by atoms with E-state index >= 15 is 0 Å². The van der Waals surface area contributed by atoms with Crippen LogP contribution in [0.5, 0.6) is 0 Å². The fourth-order valence-corrected chi connectivity index (χ4v) is 3.31. The fourth-order valence-electron chi connectivity index (χ4n) is 2.36. The monoisotopic (exact) mass is 342 g/mol. The summed E-state index contributed by atoms with van der Waals surface area (Å²) >= 11 is 0. The first-order chi connectivity index (χ1) is 10.7. The molecule has 2 nitrogen and oxygen atoms in total. The van der Waals surface area contributed by atoms with Gasteiger partial charge in [-0.15, -0.1) is 0 Å². The highest BCUT2D eigenvalue weighted by atomic mass is 28.4. The van der Waals surface area contributed by atoms with Gasteiger partial charge in [0, 0.05) is 6.42 Å². The van der Waals surface area contributed by atoms with Crippen LogP contribution >= 0.6 is 0 Å². The fraction of sp³-hybridized carbons (Fsp3) is 0.950. The van der Waals surface area contributed by atoms with Crippen molar-refractivity contribution in [3.8, 4) is 0 Å². The van der Waals surface area contributed by atoms with E-state index in [-0.39, 0.29) is 10.8 Å². The van der Waals surface area contributed by atoms with E-state index in [2.05, 4.69) is 40.8 Å². The lowest BCUT2D eigenvalue weighted by Gasteiger charge is -2.35. The minimum Gasteiger partial charge on any atom is -0.410 e. The van der Waals surface area contributed by atoms with Crippen LogP contribution in [0.25, 0.3) is 0 Å². The van der Waals surface area contributed by atoms with Crippen LogP contribution in [-0.2, 0) is 9.22 Å². The molecule has 0 saturated carbocycles. The molecule has 0 aromatic heterocycles. The second-order valence-electron chi connectivity index (χ2n) is 8.52. The Bertz CT molecular complexity index is 305. The van der Waals surface area contributed by atoms with Crippen molar-refractivity contribution in [3.05, 3.63) is 0 Å². The Labute approximate surface area is 146 Å². The number of hydrogen-bond acceptors (Lipinski definition) is 2. The first-order valence-electron chi connectivity index (χ1n) is 9.86. The van der Waals surface area contributed by atoms with Crippen molar-refractivity contribution in [2.45, 2.75) is 116 Å². The van der Waals surface area contributed by atoms with E-state index in [0.717, 1.165) is 6.42 Å². The van der Waals surface area contributed by atoms with Gasteiger partial charge in [0.15, 0.2) is 14.1 Å². The van der Waals surface area contributed by atoms with E-state index in [9.17, 15) is 4.79 Å². The van der Waals surface area contributed by atoms with Gasteiger partial charge in [0.25, 0.3) is 0 Å². The number of rotatable bonds is 14. The molecular formula is C20H42O2Si. The number of Topliss-reactive ketones (excluding diaryl/α,β-unsaturated/α-hetero) is 1. The molecule has 0 bridgehead atoms. The molecule has 0 atom stereocenters. The Kier molecular flexibility index (Phi) is 12.2. The molecule has 0 heterocycles. The summed E-state index contributed by atoms with van der Waals surface area (Å²) in [4.78, 5) is 11.9. The number of hydrogen-bond donors (Lipinski definition) is 0. The van der Waals surface area contributed by atoms with Gasteiger partial charge >= 0.3 is 0 Å². The average molecular weight is 343 g/mol. The maximum Gasteiger partial charge on any atom is 0.192 e. The standard InChI is InChI=1S/C20H42O2Si/c1-7-8-9-10-11-12-13-14-15-16-17-19(21)18-22-23(5,6)20(2,3)4/h7-18H2,1-6H3. The van der Waals surface area contributed by atoms with Crippen molar-refractivity contribution in [1.82, 2.24) is 0 Å². The Hall–Kier alpha value is -0.153. The van der Waals surface area contributed by atoms with Gasteiger partial charge in [-0.05, 0) is 24.6 Å². The molecule has 138 valence electrons.